The number of hydrogen-bond donors (Lipinski definition) is 0. The van der Waals surface area contributed by atoms with E-state index in [-0.39, 0.29) is 17.9 Å². The van der Waals surface area contributed by atoms with Crippen LogP contribution in [-0.4, -0.2) is 64.0 Å². The van der Waals surface area contributed by atoms with Crippen molar-refractivity contribution in [2.75, 3.05) is 32.8 Å². The Balaban J connectivity index is 1.42. The van der Waals surface area contributed by atoms with Gasteiger partial charge in [0.1, 0.15) is 5.82 Å². The van der Waals surface area contributed by atoms with Crippen LogP contribution in [0, 0.1) is 5.92 Å². The SMILES string of the molecule is C[C@H]1c2nc(CC(=O)N3CCOCC3)cn2CCN1C(=O)CC1CC1. The fourth-order valence-corrected chi connectivity index (χ4v) is 3.74. The smallest absolute Gasteiger partial charge is 0.228 e. The summed E-state index contributed by atoms with van der Waals surface area (Å²) in [6.45, 7) is 6.07. The second-order valence-electron chi connectivity index (χ2n) is 7.36. The second kappa shape index (κ2) is 6.78. The van der Waals surface area contributed by atoms with E-state index >= 15 is 0 Å². The molecule has 2 amide bonds. The lowest BCUT2D eigenvalue weighted by Gasteiger charge is -2.34. The highest BCUT2D eigenvalue weighted by Crippen LogP contribution is 2.34. The minimum atomic E-state index is -0.0211. The zero-order valence-corrected chi connectivity index (χ0v) is 14.8. The van der Waals surface area contributed by atoms with Crippen LogP contribution < -0.4 is 0 Å². The predicted molar refractivity (Wildman–Crippen MR) is 90.8 cm³/mol. The lowest BCUT2D eigenvalue weighted by molar-refractivity contribution is -0.135. The maximum Gasteiger partial charge on any atom is 0.228 e. The van der Waals surface area contributed by atoms with Crippen LogP contribution in [0.4, 0.5) is 0 Å². The highest BCUT2D eigenvalue weighted by molar-refractivity contribution is 5.78. The van der Waals surface area contributed by atoms with Crippen molar-refractivity contribution in [3.63, 3.8) is 0 Å². The Morgan fingerprint density at radius 2 is 1.92 bits per heavy atom. The van der Waals surface area contributed by atoms with Crippen LogP contribution in [0.2, 0.25) is 0 Å². The summed E-state index contributed by atoms with van der Waals surface area (Å²) < 4.78 is 7.40. The number of rotatable bonds is 4. The molecule has 0 spiro atoms. The number of hydrogen-bond acceptors (Lipinski definition) is 4. The minimum absolute atomic E-state index is 0.0211. The van der Waals surface area contributed by atoms with Crippen LogP contribution in [0.25, 0.3) is 0 Å². The van der Waals surface area contributed by atoms with Gasteiger partial charge in [-0.15, -0.1) is 0 Å². The fourth-order valence-electron chi connectivity index (χ4n) is 3.74. The minimum Gasteiger partial charge on any atom is -0.378 e. The predicted octanol–water partition coefficient (Wildman–Crippen LogP) is 0.988. The first kappa shape index (κ1) is 16.6. The zero-order valence-electron chi connectivity index (χ0n) is 14.8. The van der Waals surface area contributed by atoms with Gasteiger partial charge in [0.05, 0.1) is 31.4 Å². The van der Waals surface area contributed by atoms with Crippen LogP contribution in [0.15, 0.2) is 6.20 Å². The Morgan fingerprint density at radius 3 is 2.64 bits per heavy atom. The zero-order chi connectivity index (χ0) is 17.4. The van der Waals surface area contributed by atoms with Gasteiger partial charge in [0.15, 0.2) is 0 Å². The van der Waals surface area contributed by atoms with Crippen molar-refractivity contribution in [1.29, 1.82) is 0 Å². The van der Waals surface area contributed by atoms with Gasteiger partial charge in [-0.25, -0.2) is 4.98 Å². The fraction of sp³-hybridized carbons (Fsp3) is 0.722. The molecule has 1 aromatic heterocycles. The number of morpholine rings is 1. The summed E-state index contributed by atoms with van der Waals surface area (Å²) in [6.07, 6.45) is 5.36. The maximum atomic E-state index is 12.5. The van der Waals surface area contributed by atoms with Gasteiger partial charge in [-0.3, -0.25) is 9.59 Å². The normalized spacial score (nSPS) is 23.5. The Bertz CT molecular complexity index is 661. The maximum absolute atomic E-state index is 12.5. The van der Waals surface area contributed by atoms with Crippen molar-refractivity contribution in [2.24, 2.45) is 5.92 Å². The van der Waals surface area contributed by atoms with E-state index in [0.717, 1.165) is 24.6 Å². The number of carbonyl (C=O) groups excluding carboxylic acids is 2. The molecule has 2 fully saturated rings. The van der Waals surface area contributed by atoms with Gasteiger partial charge in [-0.2, -0.15) is 0 Å². The van der Waals surface area contributed by atoms with Gasteiger partial charge in [0.2, 0.25) is 11.8 Å². The van der Waals surface area contributed by atoms with E-state index in [4.69, 9.17) is 4.74 Å². The van der Waals surface area contributed by atoms with E-state index in [1.165, 1.54) is 12.8 Å². The first-order valence-corrected chi connectivity index (χ1v) is 9.33. The standard InChI is InChI=1S/C18H26N4O3/c1-13-18-19-15(11-16(23)20-6-8-25-9-7-20)12-21(18)4-5-22(13)17(24)10-14-2-3-14/h12-14H,2-11H2,1H3/t13-/m0/s1. The topological polar surface area (TPSA) is 67.7 Å². The molecule has 7 heteroatoms. The van der Waals surface area contributed by atoms with Crippen molar-refractivity contribution in [1.82, 2.24) is 19.4 Å². The molecule has 1 aliphatic carbocycles. The molecule has 25 heavy (non-hydrogen) atoms. The molecule has 1 aromatic rings. The summed E-state index contributed by atoms with van der Waals surface area (Å²) in [5.41, 5.74) is 0.801. The van der Waals surface area contributed by atoms with Gasteiger partial charge in [0.25, 0.3) is 0 Å². The van der Waals surface area contributed by atoms with Gasteiger partial charge < -0.3 is 19.1 Å². The lowest BCUT2D eigenvalue weighted by Crippen LogP contribution is -2.41. The second-order valence-corrected chi connectivity index (χ2v) is 7.36. The van der Waals surface area contributed by atoms with Gasteiger partial charge in [-0.1, -0.05) is 0 Å². The summed E-state index contributed by atoms with van der Waals surface area (Å²) >= 11 is 0. The Hall–Kier alpha value is -1.89. The molecule has 3 heterocycles. The Labute approximate surface area is 147 Å². The highest BCUT2D eigenvalue weighted by Gasteiger charge is 2.33. The summed E-state index contributed by atoms with van der Waals surface area (Å²) in [5, 5.41) is 0. The first-order valence-electron chi connectivity index (χ1n) is 9.33. The molecule has 0 N–H and O–H groups in total. The van der Waals surface area contributed by atoms with Crippen molar-refractivity contribution < 1.29 is 14.3 Å². The first-order chi connectivity index (χ1) is 12.1. The van der Waals surface area contributed by atoms with E-state index < -0.39 is 0 Å². The molecule has 0 aromatic carbocycles. The molecular weight excluding hydrogens is 320 g/mol. The van der Waals surface area contributed by atoms with E-state index in [1.807, 2.05) is 22.9 Å². The van der Waals surface area contributed by atoms with E-state index in [0.29, 0.717) is 45.1 Å². The third kappa shape index (κ3) is 3.56. The molecule has 2 aliphatic heterocycles. The lowest BCUT2D eigenvalue weighted by atomic mass is 10.1. The molecule has 0 unspecified atom stereocenters. The quantitative estimate of drug-likeness (QED) is 0.815. The third-order valence-electron chi connectivity index (χ3n) is 5.46. The third-order valence-corrected chi connectivity index (χ3v) is 5.46. The Kier molecular flexibility index (Phi) is 4.50. The summed E-state index contributed by atoms with van der Waals surface area (Å²) in [4.78, 5) is 33.4. The number of nitrogens with zero attached hydrogens (tertiary/aromatic N) is 4. The van der Waals surface area contributed by atoms with Crippen LogP contribution in [0.1, 0.15) is 43.7 Å². The summed E-state index contributed by atoms with van der Waals surface area (Å²) in [6, 6.07) is -0.0211. The van der Waals surface area contributed by atoms with Gasteiger partial charge >= 0.3 is 0 Å². The Morgan fingerprint density at radius 1 is 1.16 bits per heavy atom. The van der Waals surface area contributed by atoms with Crippen molar-refractivity contribution in [3.8, 4) is 0 Å². The highest BCUT2D eigenvalue weighted by atomic mass is 16.5. The molecule has 1 saturated carbocycles. The molecule has 7 nitrogen and oxygen atoms in total. The molecule has 4 rings (SSSR count). The molecule has 1 atom stereocenters. The largest absolute Gasteiger partial charge is 0.378 e. The van der Waals surface area contributed by atoms with Gasteiger partial charge in [-0.05, 0) is 25.7 Å². The molecule has 0 radical (unpaired) electrons. The molecule has 3 aliphatic rings. The molecular formula is C18H26N4O3. The molecule has 1 saturated heterocycles. The van der Waals surface area contributed by atoms with E-state index in [1.54, 1.807) is 0 Å². The van der Waals surface area contributed by atoms with Gasteiger partial charge in [0, 0.05) is 38.8 Å². The number of aromatic nitrogens is 2. The van der Waals surface area contributed by atoms with Crippen molar-refractivity contribution in [3.05, 3.63) is 17.7 Å². The summed E-state index contributed by atoms with van der Waals surface area (Å²) in [5.74, 6) is 1.85. The molecule has 0 bridgehead atoms. The number of carbonyl (C=O) groups is 2. The van der Waals surface area contributed by atoms with E-state index in [9.17, 15) is 9.59 Å². The van der Waals surface area contributed by atoms with Crippen molar-refractivity contribution >= 4 is 11.8 Å². The monoisotopic (exact) mass is 346 g/mol. The average molecular weight is 346 g/mol. The van der Waals surface area contributed by atoms with Crippen LogP contribution in [0.3, 0.4) is 0 Å². The molecule has 136 valence electrons. The van der Waals surface area contributed by atoms with E-state index in [2.05, 4.69) is 9.55 Å². The number of amides is 2. The van der Waals surface area contributed by atoms with Crippen LogP contribution in [-0.2, 0) is 27.3 Å². The number of imidazole rings is 1. The number of ether oxygens (including phenoxy) is 1. The van der Waals surface area contributed by atoms with Crippen LogP contribution in [0.5, 0.6) is 0 Å². The average Bonchev–Trinajstić information content (AvgIpc) is 3.33. The summed E-state index contributed by atoms with van der Waals surface area (Å²) in [7, 11) is 0. The number of fused-ring (bicyclic) bond motifs is 1. The van der Waals surface area contributed by atoms with Crippen molar-refractivity contribution in [2.45, 2.75) is 45.2 Å². The van der Waals surface area contributed by atoms with Crippen LogP contribution >= 0.6 is 0 Å².